The zero-order valence-corrected chi connectivity index (χ0v) is 18.4. The monoisotopic (exact) mass is 448 g/mol. The van der Waals surface area contributed by atoms with Crippen LogP contribution in [0.25, 0.3) is 0 Å². The second kappa shape index (κ2) is 8.85. The average Bonchev–Trinajstić information content (AvgIpc) is 3.05. The van der Waals surface area contributed by atoms with Crippen LogP contribution in [-0.4, -0.2) is 36.3 Å². The number of hydrogen-bond acceptors (Lipinski definition) is 4. The van der Waals surface area contributed by atoms with E-state index in [1.54, 1.807) is 54.4 Å². The van der Waals surface area contributed by atoms with Gasteiger partial charge >= 0.3 is 0 Å². The molecule has 0 spiro atoms. The molecule has 0 bridgehead atoms. The molecule has 1 heterocycles. The molecule has 0 unspecified atom stereocenters. The van der Waals surface area contributed by atoms with Gasteiger partial charge < -0.3 is 9.64 Å². The van der Waals surface area contributed by atoms with Gasteiger partial charge in [0.05, 0.1) is 23.4 Å². The highest BCUT2D eigenvalue weighted by molar-refractivity contribution is 6.34. The maximum absolute atomic E-state index is 13.0. The van der Waals surface area contributed by atoms with Crippen molar-refractivity contribution in [2.24, 2.45) is 0 Å². The Morgan fingerprint density at radius 3 is 2.25 bits per heavy atom. The lowest BCUT2D eigenvalue weighted by molar-refractivity contribution is 0.0784. The lowest BCUT2D eigenvalue weighted by Gasteiger charge is -2.17. The summed E-state index contributed by atoms with van der Waals surface area (Å²) in [5.41, 5.74) is 2.22. The highest BCUT2D eigenvalue weighted by Crippen LogP contribution is 2.30. The van der Waals surface area contributed by atoms with Gasteiger partial charge in [0, 0.05) is 24.2 Å². The minimum absolute atomic E-state index is 0.217. The SMILES string of the molecule is CCOc1ccc(N2C(=O)c3ccc(C(=O)N(C)Cc4ccc(Cl)cc4)cc3C2=O)cc1. The van der Waals surface area contributed by atoms with E-state index in [2.05, 4.69) is 0 Å². The van der Waals surface area contributed by atoms with Crippen molar-refractivity contribution in [3.63, 3.8) is 0 Å². The molecule has 3 aromatic carbocycles. The highest BCUT2D eigenvalue weighted by Gasteiger charge is 2.37. The van der Waals surface area contributed by atoms with Crippen LogP contribution < -0.4 is 9.64 Å². The fourth-order valence-corrected chi connectivity index (χ4v) is 3.75. The van der Waals surface area contributed by atoms with Gasteiger partial charge in [-0.05, 0) is 67.1 Å². The summed E-state index contributed by atoms with van der Waals surface area (Å²) in [6.07, 6.45) is 0. The minimum atomic E-state index is -0.454. The van der Waals surface area contributed by atoms with E-state index in [-0.39, 0.29) is 17.0 Å². The number of nitrogens with zero attached hydrogens (tertiary/aromatic N) is 2. The van der Waals surface area contributed by atoms with Gasteiger partial charge in [-0.15, -0.1) is 0 Å². The number of hydrogen-bond donors (Lipinski definition) is 0. The molecule has 1 aliphatic heterocycles. The number of halogens is 1. The minimum Gasteiger partial charge on any atom is -0.494 e. The Labute approximate surface area is 191 Å². The zero-order valence-electron chi connectivity index (χ0n) is 17.7. The van der Waals surface area contributed by atoms with Crippen molar-refractivity contribution in [3.05, 3.63) is 94.0 Å². The summed E-state index contributed by atoms with van der Waals surface area (Å²) < 4.78 is 5.41. The number of imide groups is 1. The van der Waals surface area contributed by atoms with Gasteiger partial charge in [-0.1, -0.05) is 23.7 Å². The molecule has 3 amide bonds. The predicted octanol–water partition coefficient (Wildman–Crippen LogP) is 4.81. The maximum atomic E-state index is 13.0. The van der Waals surface area contributed by atoms with E-state index in [1.165, 1.54) is 12.1 Å². The number of amides is 3. The van der Waals surface area contributed by atoms with Crippen LogP contribution in [0.1, 0.15) is 43.6 Å². The number of carbonyl (C=O) groups excluding carboxylic acids is 3. The number of ether oxygens (including phenoxy) is 1. The lowest BCUT2D eigenvalue weighted by atomic mass is 10.0. The fourth-order valence-electron chi connectivity index (χ4n) is 3.62. The number of benzene rings is 3. The van der Waals surface area contributed by atoms with E-state index in [9.17, 15) is 14.4 Å². The van der Waals surface area contributed by atoms with Crippen LogP contribution in [0.15, 0.2) is 66.7 Å². The summed E-state index contributed by atoms with van der Waals surface area (Å²) in [6.45, 7) is 2.79. The van der Waals surface area contributed by atoms with E-state index in [1.807, 2.05) is 19.1 Å². The molecule has 7 heteroatoms. The standard InChI is InChI=1S/C25H21ClN2O4/c1-3-32-20-11-9-19(10-12-20)28-24(30)21-13-6-17(14-22(21)25(28)31)23(29)27(2)15-16-4-7-18(26)8-5-16/h4-14H,3,15H2,1-2H3. The molecule has 0 aromatic heterocycles. The summed E-state index contributed by atoms with van der Waals surface area (Å²) in [5.74, 6) is -0.459. The molecule has 3 aromatic rings. The van der Waals surface area contributed by atoms with Crippen LogP contribution in [0.2, 0.25) is 5.02 Å². The van der Waals surface area contributed by atoms with Crippen LogP contribution >= 0.6 is 11.6 Å². The Kier molecular flexibility index (Phi) is 5.97. The van der Waals surface area contributed by atoms with E-state index in [0.29, 0.717) is 35.2 Å². The third-order valence-electron chi connectivity index (χ3n) is 5.22. The molecule has 0 saturated carbocycles. The van der Waals surface area contributed by atoms with Crippen LogP contribution in [0, 0.1) is 0 Å². The molecule has 0 saturated heterocycles. The molecule has 6 nitrogen and oxygen atoms in total. The first-order valence-corrected chi connectivity index (χ1v) is 10.5. The van der Waals surface area contributed by atoms with Gasteiger partial charge in [-0.3, -0.25) is 14.4 Å². The van der Waals surface area contributed by atoms with Crippen molar-refractivity contribution in [1.82, 2.24) is 4.90 Å². The van der Waals surface area contributed by atoms with Crippen molar-refractivity contribution >= 4 is 35.0 Å². The van der Waals surface area contributed by atoms with Crippen LogP contribution in [0.3, 0.4) is 0 Å². The van der Waals surface area contributed by atoms with E-state index < -0.39 is 11.8 Å². The number of rotatable bonds is 6. The average molecular weight is 449 g/mol. The summed E-state index contributed by atoms with van der Waals surface area (Å²) >= 11 is 5.91. The van der Waals surface area contributed by atoms with E-state index >= 15 is 0 Å². The van der Waals surface area contributed by atoms with Gasteiger partial charge in [0.1, 0.15) is 5.75 Å². The molecule has 0 N–H and O–H groups in total. The topological polar surface area (TPSA) is 66.9 Å². The van der Waals surface area contributed by atoms with E-state index in [4.69, 9.17) is 16.3 Å². The van der Waals surface area contributed by atoms with Gasteiger partial charge in [0.15, 0.2) is 0 Å². The van der Waals surface area contributed by atoms with Crippen molar-refractivity contribution in [3.8, 4) is 5.75 Å². The summed E-state index contributed by atoms with van der Waals surface area (Å²) in [6, 6.07) is 18.6. The van der Waals surface area contributed by atoms with Crippen molar-refractivity contribution in [2.75, 3.05) is 18.6 Å². The van der Waals surface area contributed by atoms with Gasteiger partial charge in [0.2, 0.25) is 0 Å². The van der Waals surface area contributed by atoms with Crippen molar-refractivity contribution in [1.29, 1.82) is 0 Å². The smallest absolute Gasteiger partial charge is 0.266 e. The fraction of sp³-hybridized carbons (Fsp3) is 0.160. The molecule has 32 heavy (non-hydrogen) atoms. The highest BCUT2D eigenvalue weighted by atomic mass is 35.5. The Morgan fingerprint density at radius 2 is 1.59 bits per heavy atom. The second-order valence-corrected chi connectivity index (χ2v) is 7.86. The number of fused-ring (bicyclic) bond motifs is 1. The largest absolute Gasteiger partial charge is 0.494 e. The second-order valence-electron chi connectivity index (χ2n) is 7.42. The van der Waals surface area contributed by atoms with Crippen molar-refractivity contribution < 1.29 is 19.1 Å². The molecule has 0 radical (unpaired) electrons. The molecule has 162 valence electrons. The van der Waals surface area contributed by atoms with Gasteiger partial charge in [0.25, 0.3) is 17.7 Å². The quantitative estimate of drug-likeness (QED) is 0.507. The van der Waals surface area contributed by atoms with Crippen LogP contribution in [0.5, 0.6) is 5.75 Å². The van der Waals surface area contributed by atoms with Crippen molar-refractivity contribution in [2.45, 2.75) is 13.5 Å². The number of carbonyl (C=O) groups is 3. The molecule has 0 fully saturated rings. The van der Waals surface area contributed by atoms with Crippen LogP contribution in [-0.2, 0) is 6.54 Å². The van der Waals surface area contributed by atoms with Gasteiger partial charge in [-0.2, -0.15) is 0 Å². The third-order valence-corrected chi connectivity index (χ3v) is 5.47. The summed E-state index contributed by atoms with van der Waals surface area (Å²) in [4.78, 5) is 41.5. The first-order chi connectivity index (χ1) is 15.4. The molecule has 0 aliphatic carbocycles. The molecular formula is C25H21ClN2O4. The Bertz CT molecular complexity index is 1190. The molecule has 1 aliphatic rings. The first-order valence-electron chi connectivity index (χ1n) is 10.1. The first kappa shape index (κ1) is 21.6. The van der Waals surface area contributed by atoms with E-state index in [0.717, 1.165) is 10.5 Å². The zero-order chi connectivity index (χ0) is 22.8. The normalized spacial score (nSPS) is 12.7. The lowest BCUT2D eigenvalue weighted by Crippen LogP contribution is -2.29. The number of anilines is 1. The summed E-state index contributed by atoms with van der Waals surface area (Å²) in [5, 5.41) is 0.626. The van der Waals surface area contributed by atoms with Crippen LogP contribution in [0.4, 0.5) is 5.69 Å². The molecular weight excluding hydrogens is 428 g/mol. The predicted molar refractivity (Wildman–Crippen MR) is 122 cm³/mol. The third kappa shape index (κ3) is 4.09. The van der Waals surface area contributed by atoms with Gasteiger partial charge in [-0.25, -0.2) is 4.90 Å². The Balaban J connectivity index is 1.55. The summed E-state index contributed by atoms with van der Waals surface area (Å²) in [7, 11) is 1.68. The molecule has 0 atom stereocenters. The Hall–Kier alpha value is -3.64. The maximum Gasteiger partial charge on any atom is 0.266 e. The Morgan fingerprint density at radius 1 is 0.938 bits per heavy atom. The molecule has 4 rings (SSSR count).